The van der Waals surface area contributed by atoms with Crippen LogP contribution in [0.1, 0.15) is 59.8 Å². The zero-order valence-electron chi connectivity index (χ0n) is 14.9. The normalized spacial score (nSPS) is 32.5. The van der Waals surface area contributed by atoms with Gasteiger partial charge in [0.05, 0.1) is 6.42 Å². The highest BCUT2D eigenvalue weighted by molar-refractivity contribution is 5.87. The molecule has 2 saturated heterocycles. The van der Waals surface area contributed by atoms with Crippen LogP contribution in [0.2, 0.25) is 0 Å². The predicted molar refractivity (Wildman–Crippen MR) is 87.6 cm³/mol. The lowest BCUT2D eigenvalue weighted by molar-refractivity contribution is -0.187. The number of nitrogens with zero attached hydrogens (tertiary/aromatic N) is 1. The Morgan fingerprint density at radius 1 is 1.43 bits per heavy atom. The number of carbonyl (C=O) groups is 2. The van der Waals surface area contributed by atoms with Crippen molar-refractivity contribution in [2.24, 2.45) is 5.92 Å². The van der Waals surface area contributed by atoms with Crippen molar-refractivity contribution in [3.05, 3.63) is 11.6 Å². The molecular weight excluding hydrogens is 294 g/mol. The molecule has 2 unspecified atom stereocenters. The van der Waals surface area contributed by atoms with E-state index in [0.717, 1.165) is 19.3 Å². The summed E-state index contributed by atoms with van der Waals surface area (Å²) >= 11 is 0. The number of esters is 2. The fourth-order valence-electron chi connectivity index (χ4n) is 3.90. The van der Waals surface area contributed by atoms with Crippen LogP contribution in [0, 0.1) is 5.92 Å². The van der Waals surface area contributed by atoms with Gasteiger partial charge in [-0.15, -0.1) is 0 Å². The second-order valence-electron chi connectivity index (χ2n) is 7.06. The molecule has 0 aromatic carbocycles. The standard InChI is InChI=1S/C18H29NO4/c1-6-12(2)17(21)22-14(4)10-16(20)23-18-9-7-8-15(19(18)5)13(3)11-18/h6,13-15H,7-11H2,1-5H3/b12-6+/t13?,14?,15-,18-/m1/s1. The van der Waals surface area contributed by atoms with Crippen LogP contribution in [0.4, 0.5) is 0 Å². The molecule has 23 heavy (non-hydrogen) atoms. The van der Waals surface area contributed by atoms with E-state index < -0.39 is 11.8 Å². The van der Waals surface area contributed by atoms with E-state index in [9.17, 15) is 9.59 Å². The first-order valence-electron chi connectivity index (χ1n) is 8.57. The predicted octanol–water partition coefficient (Wildman–Crippen LogP) is 3.04. The summed E-state index contributed by atoms with van der Waals surface area (Å²) in [5, 5.41) is 0. The molecule has 0 aromatic heterocycles. The van der Waals surface area contributed by atoms with Crippen molar-refractivity contribution < 1.29 is 19.1 Å². The molecule has 2 bridgehead atoms. The third-order valence-electron chi connectivity index (χ3n) is 5.33. The van der Waals surface area contributed by atoms with Gasteiger partial charge in [0.2, 0.25) is 0 Å². The maximum atomic E-state index is 12.3. The minimum Gasteiger partial charge on any atom is -0.459 e. The first kappa shape index (κ1) is 18.0. The Bertz CT molecular complexity index is 501. The van der Waals surface area contributed by atoms with E-state index in [2.05, 4.69) is 18.9 Å². The van der Waals surface area contributed by atoms with E-state index in [0.29, 0.717) is 17.5 Å². The fraction of sp³-hybridized carbons (Fsp3) is 0.778. The highest BCUT2D eigenvalue weighted by atomic mass is 16.6. The van der Waals surface area contributed by atoms with Gasteiger partial charge >= 0.3 is 11.9 Å². The summed E-state index contributed by atoms with van der Waals surface area (Å²) in [4.78, 5) is 26.3. The highest BCUT2D eigenvalue weighted by Gasteiger charge is 2.53. The van der Waals surface area contributed by atoms with Gasteiger partial charge in [-0.25, -0.2) is 4.79 Å². The zero-order chi connectivity index (χ0) is 17.2. The second-order valence-corrected chi connectivity index (χ2v) is 7.06. The van der Waals surface area contributed by atoms with Crippen LogP contribution in [0.25, 0.3) is 0 Å². The summed E-state index contributed by atoms with van der Waals surface area (Å²) in [6, 6.07) is 0.504. The van der Waals surface area contributed by atoms with Gasteiger partial charge in [-0.3, -0.25) is 9.69 Å². The van der Waals surface area contributed by atoms with Crippen LogP contribution in [-0.2, 0) is 19.1 Å². The summed E-state index contributed by atoms with van der Waals surface area (Å²) < 4.78 is 11.1. The molecule has 5 heteroatoms. The van der Waals surface area contributed by atoms with Gasteiger partial charge in [0.1, 0.15) is 6.10 Å². The largest absolute Gasteiger partial charge is 0.459 e. The van der Waals surface area contributed by atoms with Crippen molar-refractivity contribution in [1.82, 2.24) is 4.90 Å². The van der Waals surface area contributed by atoms with Gasteiger partial charge in [0, 0.05) is 24.5 Å². The van der Waals surface area contributed by atoms with Gasteiger partial charge in [-0.2, -0.15) is 0 Å². The maximum absolute atomic E-state index is 12.3. The molecule has 130 valence electrons. The van der Waals surface area contributed by atoms with Crippen molar-refractivity contribution in [1.29, 1.82) is 0 Å². The number of hydrogen-bond acceptors (Lipinski definition) is 5. The molecule has 2 fully saturated rings. The molecule has 0 N–H and O–H groups in total. The van der Waals surface area contributed by atoms with Crippen LogP contribution in [0.3, 0.4) is 0 Å². The minimum absolute atomic E-state index is 0.0946. The van der Waals surface area contributed by atoms with Crippen LogP contribution in [0.15, 0.2) is 11.6 Å². The first-order chi connectivity index (χ1) is 10.8. The molecule has 2 aliphatic rings. The average Bonchev–Trinajstić information content (AvgIpc) is 2.61. The van der Waals surface area contributed by atoms with Crippen molar-refractivity contribution in [3.8, 4) is 0 Å². The third kappa shape index (κ3) is 3.77. The van der Waals surface area contributed by atoms with Crippen LogP contribution >= 0.6 is 0 Å². The van der Waals surface area contributed by atoms with E-state index >= 15 is 0 Å². The molecule has 0 radical (unpaired) electrons. The lowest BCUT2D eigenvalue weighted by atomic mass is 9.99. The maximum Gasteiger partial charge on any atom is 0.333 e. The summed E-state index contributed by atoms with van der Waals surface area (Å²) in [6.07, 6.45) is 5.37. The van der Waals surface area contributed by atoms with Crippen molar-refractivity contribution in [2.75, 3.05) is 7.05 Å². The van der Waals surface area contributed by atoms with Crippen LogP contribution in [-0.4, -0.2) is 41.8 Å². The van der Waals surface area contributed by atoms with Gasteiger partial charge in [0.15, 0.2) is 5.72 Å². The van der Waals surface area contributed by atoms with Gasteiger partial charge < -0.3 is 9.47 Å². The molecule has 0 aromatic rings. The van der Waals surface area contributed by atoms with E-state index in [1.165, 1.54) is 6.42 Å². The molecular formula is C18H29NO4. The lowest BCUT2D eigenvalue weighted by Gasteiger charge is -2.41. The minimum atomic E-state index is -0.482. The smallest absolute Gasteiger partial charge is 0.333 e. The topological polar surface area (TPSA) is 55.8 Å². The number of hydrogen-bond donors (Lipinski definition) is 0. The highest BCUT2D eigenvalue weighted by Crippen LogP contribution is 2.46. The summed E-state index contributed by atoms with van der Waals surface area (Å²) in [5.41, 5.74) is 0.0887. The second kappa shape index (κ2) is 7.04. The molecule has 0 amide bonds. The molecule has 2 aliphatic heterocycles. The summed E-state index contributed by atoms with van der Waals surface area (Å²) in [7, 11) is 2.06. The number of piperidine rings is 1. The molecule has 0 aliphatic carbocycles. The molecule has 5 nitrogen and oxygen atoms in total. The Balaban J connectivity index is 1.91. The quantitative estimate of drug-likeness (QED) is 0.575. The first-order valence-corrected chi connectivity index (χ1v) is 8.57. The van der Waals surface area contributed by atoms with Crippen LogP contribution < -0.4 is 0 Å². The Morgan fingerprint density at radius 2 is 2.13 bits per heavy atom. The van der Waals surface area contributed by atoms with Gasteiger partial charge in [0.25, 0.3) is 0 Å². The van der Waals surface area contributed by atoms with E-state index in [1.54, 1.807) is 26.8 Å². The molecule has 4 atom stereocenters. The fourth-order valence-corrected chi connectivity index (χ4v) is 3.90. The Hall–Kier alpha value is -1.36. The molecule has 2 heterocycles. The number of ether oxygens (including phenoxy) is 2. The Kier molecular flexibility index (Phi) is 5.50. The number of fused-ring (bicyclic) bond motifs is 2. The molecule has 2 rings (SSSR count). The van der Waals surface area contributed by atoms with Crippen molar-refractivity contribution in [2.45, 2.75) is 77.7 Å². The monoisotopic (exact) mass is 323 g/mol. The average molecular weight is 323 g/mol. The van der Waals surface area contributed by atoms with E-state index in [4.69, 9.17) is 9.47 Å². The van der Waals surface area contributed by atoms with Crippen LogP contribution in [0.5, 0.6) is 0 Å². The van der Waals surface area contributed by atoms with Gasteiger partial charge in [-0.1, -0.05) is 13.0 Å². The summed E-state index contributed by atoms with van der Waals surface area (Å²) in [5.74, 6) is -0.122. The number of carbonyl (C=O) groups excluding carboxylic acids is 2. The SMILES string of the molecule is C/C=C(\C)C(=O)OC(C)CC(=O)O[C@]12CCC[C@H](C(C)C1)N2C. The Morgan fingerprint density at radius 3 is 2.78 bits per heavy atom. The number of rotatable bonds is 5. The van der Waals surface area contributed by atoms with E-state index in [-0.39, 0.29) is 18.4 Å². The number of allylic oxidation sites excluding steroid dienone is 1. The molecule has 0 saturated carbocycles. The zero-order valence-corrected chi connectivity index (χ0v) is 14.9. The third-order valence-corrected chi connectivity index (χ3v) is 5.33. The van der Waals surface area contributed by atoms with E-state index in [1.807, 2.05) is 0 Å². The Labute approximate surface area is 139 Å². The summed E-state index contributed by atoms with van der Waals surface area (Å²) in [6.45, 7) is 7.44. The lowest BCUT2D eigenvalue weighted by Crippen LogP contribution is -2.51. The molecule has 0 spiro atoms. The van der Waals surface area contributed by atoms with Crippen molar-refractivity contribution in [3.63, 3.8) is 0 Å². The van der Waals surface area contributed by atoms with Crippen molar-refractivity contribution >= 4 is 11.9 Å². The van der Waals surface area contributed by atoms with Gasteiger partial charge in [-0.05, 0) is 46.6 Å².